The van der Waals surface area contributed by atoms with Gasteiger partial charge in [-0.2, -0.15) is 0 Å². The van der Waals surface area contributed by atoms with Crippen LogP contribution in [0.4, 0.5) is 0 Å². The molecule has 0 radical (unpaired) electrons. The summed E-state index contributed by atoms with van der Waals surface area (Å²) in [6.07, 6.45) is 1.01. The average Bonchev–Trinajstić information content (AvgIpc) is 2.39. The molecule has 1 N–H and O–H groups in total. The summed E-state index contributed by atoms with van der Waals surface area (Å²) in [5.41, 5.74) is 4.07. The van der Waals surface area contributed by atoms with Gasteiger partial charge in [-0.3, -0.25) is 0 Å². The van der Waals surface area contributed by atoms with Crippen LogP contribution in [0, 0.1) is 0 Å². The van der Waals surface area contributed by atoms with Crippen LogP contribution >= 0.6 is 11.6 Å². The van der Waals surface area contributed by atoms with Crippen LogP contribution in [-0.4, -0.2) is 0 Å². The van der Waals surface area contributed by atoms with Crippen LogP contribution in [0.5, 0.6) is 0 Å². The molecule has 17 heavy (non-hydrogen) atoms. The fourth-order valence-electron chi connectivity index (χ4n) is 2.40. The van der Waals surface area contributed by atoms with Crippen molar-refractivity contribution in [3.05, 3.63) is 70.2 Å². The third kappa shape index (κ3) is 2.21. The summed E-state index contributed by atoms with van der Waals surface area (Å²) < 4.78 is 0. The lowest BCUT2D eigenvalue weighted by atomic mass is 9.92. The molecule has 2 heteroatoms. The lowest BCUT2D eigenvalue weighted by Crippen LogP contribution is -2.28. The molecule has 1 atom stereocenters. The number of halogens is 1. The van der Waals surface area contributed by atoms with Gasteiger partial charge < -0.3 is 5.32 Å². The van der Waals surface area contributed by atoms with E-state index in [1.165, 1.54) is 16.7 Å². The third-order valence-electron chi connectivity index (χ3n) is 3.33. The lowest BCUT2D eigenvalue weighted by molar-refractivity contribution is 0.499. The van der Waals surface area contributed by atoms with Gasteiger partial charge in [0.25, 0.3) is 0 Å². The zero-order valence-electron chi connectivity index (χ0n) is 9.49. The van der Waals surface area contributed by atoms with E-state index in [2.05, 4.69) is 47.8 Å². The molecule has 1 heterocycles. The molecule has 1 unspecified atom stereocenters. The molecule has 0 saturated heterocycles. The first-order chi connectivity index (χ1) is 8.33. The molecule has 0 saturated carbocycles. The van der Waals surface area contributed by atoms with Crippen LogP contribution in [0.15, 0.2) is 48.5 Å². The van der Waals surface area contributed by atoms with Crippen molar-refractivity contribution in [1.82, 2.24) is 5.32 Å². The smallest absolute Gasteiger partial charge is 0.0408 e. The molecular weight excluding hydrogens is 230 g/mol. The molecule has 1 aliphatic heterocycles. The number of benzene rings is 2. The summed E-state index contributed by atoms with van der Waals surface area (Å²) in [5, 5.41) is 4.40. The SMILES string of the molecule is Clc1ccc2c(c1)CC(c1ccccc1)NC2. The summed E-state index contributed by atoms with van der Waals surface area (Å²) >= 11 is 6.05. The number of nitrogens with one attached hydrogen (secondary N) is 1. The van der Waals surface area contributed by atoms with E-state index in [1.807, 2.05) is 6.07 Å². The molecule has 1 nitrogen and oxygen atoms in total. The van der Waals surface area contributed by atoms with Crippen molar-refractivity contribution in [2.24, 2.45) is 0 Å². The molecule has 3 rings (SSSR count). The van der Waals surface area contributed by atoms with Crippen LogP contribution < -0.4 is 5.32 Å². The summed E-state index contributed by atoms with van der Waals surface area (Å²) in [6, 6.07) is 17.2. The van der Waals surface area contributed by atoms with Crippen LogP contribution in [-0.2, 0) is 13.0 Å². The minimum absolute atomic E-state index is 0.405. The van der Waals surface area contributed by atoms with Crippen molar-refractivity contribution in [3.63, 3.8) is 0 Å². The molecule has 0 spiro atoms. The fourth-order valence-corrected chi connectivity index (χ4v) is 2.60. The van der Waals surface area contributed by atoms with Crippen molar-refractivity contribution >= 4 is 11.6 Å². The van der Waals surface area contributed by atoms with Gasteiger partial charge in [0, 0.05) is 17.6 Å². The molecular formula is C15H14ClN. The average molecular weight is 244 g/mol. The fraction of sp³-hybridized carbons (Fsp3) is 0.200. The maximum absolute atomic E-state index is 6.05. The van der Waals surface area contributed by atoms with Gasteiger partial charge in [-0.05, 0) is 35.2 Å². The second-order valence-corrected chi connectivity index (χ2v) is 4.90. The molecule has 0 bridgehead atoms. The van der Waals surface area contributed by atoms with Crippen molar-refractivity contribution in [2.75, 3.05) is 0 Å². The minimum atomic E-state index is 0.405. The van der Waals surface area contributed by atoms with Crippen LogP contribution in [0.25, 0.3) is 0 Å². The zero-order chi connectivity index (χ0) is 11.7. The van der Waals surface area contributed by atoms with Gasteiger partial charge in [0.05, 0.1) is 0 Å². The first-order valence-corrected chi connectivity index (χ1v) is 6.26. The van der Waals surface area contributed by atoms with Gasteiger partial charge in [0.1, 0.15) is 0 Å². The Labute approximate surface area is 106 Å². The van der Waals surface area contributed by atoms with Gasteiger partial charge >= 0.3 is 0 Å². The quantitative estimate of drug-likeness (QED) is 0.805. The molecule has 2 aromatic carbocycles. The van der Waals surface area contributed by atoms with E-state index in [9.17, 15) is 0 Å². The topological polar surface area (TPSA) is 12.0 Å². The maximum Gasteiger partial charge on any atom is 0.0408 e. The summed E-state index contributed by atoms with van der Waals surface area (Å²) in [7, 11) is 0. The predicted octanol–water partition coefficient (Wildman–Crippen LogP) is 3.73. The van der Waals surface area contributed by atoms with Crippen LogP contribution in [0.3, 0.4) is 0 Å². The van der Waals surface area contributed by atoms with Crippen molar-refractivity contribution in [2.45, 2.75) is 19.0 Å². The molecule has 0 amide bonds. The van der Waals surface area contributed by atoms with Gasteiger partial charge in [-0.15, -0.1) is 0 Å². The molecule has 0 fully saturated rings. The third-order valence-corrected chi connectivity index (χ3v) is 3.57. The molecule has 1 aliphatic rings. The van der Waals surface area contributed by atoms with E-state index >= 15 is 0 Å². The Morgan fingerprint density at radius 1 is 1.00 bits per heavy atom. The molecule has 0 aliphatic carbocycles. The number of fused-ring (bicyclic) bond motifs is 1. The van der Waals surface area contributed by atoms with Gasteiger partial charge in [-0.1, -0.05) is 48.0 Å². The summed E-state index contributed by atoms with van der Waals surface area (Å²) in [4.78, 5) is 0. The highest BCUT2D eigenvalue weighted by Crippen LogP contribution is 2.27. The lowest BCUT2D eigenvalue weighted by Gasteiger charge is -2.26. The molecule has 86 valence electrons. The molecule has 2 aromatic rings. The maximum atomic E-state index is 6.05. The predicted molar refractivity (Wildman–Crippen MR) is 71.2 cm³/mol. The van der Waals surface area contributed by atoms with E-state index in [-0.39, 0.29) is 0 Å². The highest BCUT2D eigenvalue weighted by molar-refractivity contribution is 6.30. The monoisotopic (exact) mass is 243 g/mol. The Hall–Kier alpha value is -1.31. The Balaban J connectivity index is 1.90. The Bertz CT molecular complexity index is 522. The van der Waals surface area contributed by atoms with E-state index in [0.29, 0.717) is 6.04 Å². The highest BCUT2D eigenvalue weighted by Gasteiger charge is 2.19. The van der Waals surface area contributed by atoms with Crippen molar-refractivity contribution in [1.29, 1.82) is 0 Å². The first-order valence-electron chi connectivity index (χ1n) is 5.88. The van der Waals surface area contributed by atoms with Gasteiger partial charge in [0.2, 0.25) is 0 Å². The number of rotatable bonds is 1. The minimum Gasteiger partial charge on any atom is -0.306 e. The number of hydrogen-bond acceptors (Lipinski definition) is 1. The second kappa shape index (κ2) is 4.52. The second-order valence-electron chi connectivity index (χ2n) is 4.46. The van der Waals surface area contributed by atoms with Gasteiger partial charge in [-0.25, -0.2) is 0 Å². The Morgan fingerprint density at radius 3 is 2.65 bits per heavy atom. The first kappa shape index (κ1) is 10.8. The standard InChI is InChI=1S/C15H14ClN/c16-14-7-6-12-10-17-15(9-13(12)8-14)11-4-2-1-3-5-11/h1-8,15,17H,9-10H2. The van der Waals surface area contributed by atoms with Gasteiger partial charge in [0.15, 0.2) is 0 Å². The Morgan fingerprint density at radius 2 is 1.82 bits per heavy atom. The molecule has 0 aromatic heterocycles. The van der Waals surface area contributed by atoms with Crippen molar-refractivity contribution in [3.8, 4) is 0 Å². The van der Waals surface area contributed by atoms with E-state index < -0.39 is 0 Å². The van der Waals surface area contributed by atoms with Crippen molar-refractivity contribution < 1.29 is 0 Å². The van der Waals surface area contributed by atoms with E-state index in [1.54, 1.807) is 0 Å². The van der Waals surface area contributed by atoms with Crippen LogP contribution in [0.2, 0.25) is 5.02 Å². The highest BCUT2D eigenvalue weighted by atomic mass is 35.5. The summed E-state index contributed by atoms with van der Waals surface area (Å²) in [5.74, 6) is 0. The normalized spacial score (nSPS) is 18.8. The van der Waals surface area contributed by atoms with Crippen LogP contribution in [0.1, 0.15) is 22.7 Å². The van der Waals surface area contributed by atoms with E-state index in [0.717, 1.165) is 18.0 Å². The van der Waals surface area contributed by atoms with E-state index in [4.69, 9.17) is 11.6 Å². The summed E-state index contributed by atoms with van der Waals surface area (Å²) in [6.45, 7) is 0.923. The number of hydrogen-bond donors (Lipinski definition) is 1. The largest absolute Gasteiger partial charge is 0.306 e. The zero-order valence-corrected chi connectivity index (χ0v) is 10.2. The Kier molecular flexibility index (Phi) is 2.87.